The van der Waals surface area contributed by atoms with E-state index in [0.29, 0.717) is 0 Å². The SMILES string of the molecule is N.OCC(O)(O)Cl. The van der Waals surface area contributed by atoms with E-state index in [-0.39, 0.29) is 6.15 Å². The van der Waals surface area contributed by atoms with Crippen LogP contribution in [0.3, 0.4) is 0 Å². The van der Waals surface area contributed by atoms with E-state index in [2.05, 4.69) is 11.6 Å². The number of aliphatic hydroxyl groups excluding tert-OH is 1. The molecule has 0 atom stereocenters. The summed E-state index contributed by atoms with van der Waals surface area (Å²) in [6, 6.07) is 0. The molecule has 46 valence electrons. The van der Waals surface area contributed by atoms with Gasteiger partial charge in [0.25, 0.3) is 5.25 Å². The summed E-state index contributed by atoms with van der Waals surface area (Å²) in [6.45, 7) is -0.853. The highest BCUT2D eigenvalue weighted by Gasteiger charge is 2.14. The Morgan fingerprint density at radius 2 is 1.57 bits per heavy atom. The summed E-state index contributed by atoms with van der Waals surface area (Å²) in [5.41, 5.74) is 0. The van der Waals surface area contributed by atoms with E-state index in [4.69, 9.17) is 15.3 Å². The van der Waals surface area contributed by atoms with E-state index in [1.54, 1.807) is 0 Å². The molecule has 0 unspecified atom stereocenters. The molecule has 0 bridgehead atoms. The van der Waals surface area contributed by atoms with Gasteiger partial charge < -0.3 is 21.5 Å². The van der Waals surface area contributed by atoms with Gasteiger partial charge in [0.2, 0.25) is 0 Å². The van der Waals surface area contributed by atoms with Gasteiger partial charge in [-0.3, -0.25) is 0 Å². The van der Waals surface area contributed by atoms with Gasteiger partial charge in [-0.2, -0.15) is 0 Å². The first-order valence-electron chi connectivity index (χ1n) is 1.31. The first-order valence-corrected chi connectivity index (χ1v) is 1.68. The maximum Gasteiger partial charge on any atom is 0.267 e. The lowest BCUT2D eigenvalue weighted by atomic mass is 10.7. The van der Waals surface area contributed by atoms with Gasteiger partial charge in [-0.1, -0.05) is 11.6 Å². The molecule has 0 rings (SSSR count). The molecule has 0 saturated heterocycles. The third-order valence-corrected chi connectivity index (χ3v) is 0.321. The average Bonchev–Trinajstić information content (AvgIpc) is 1.35. The molecular formula is C2H8ClNO3. The van der Waals surface area contributed by atoms with E-state index in [1.807, 2.05) is 0 Å². The number of rotatable bonds is 1. The predicted molar refractivity (Wildman–Crippen MR) is 25.1 cm³/mol. The van der Waals surface area contributed by atoms with Crippen molar-refractivity contribution in [1.82, 2.24) is 6.15 Å². The van der Waals surface area contributed by atoms with Crippen molar-refractivity contribution in [1.29, 1.82) is 0 Å². The largest absolute Gasteiger partial charge is 0.389 e. The lowest BCUT2D eigenvalue weighted by molar-refractivity contribution is -0.116. The Balaban J connectivity index is 0. The van der Waals surface area contributed by atoms with Gasteiger partial charge >= 0.3 is 0 Å². The monoisotopic (exact) mass is 129 g/mol. The number of hydrogen-bond acceptors (Lipinski definition) is 4. The van der Waals surface area contributed by atoms with Crippen LogP contribution in [0.1, 0.15) is 0 Å². The van der Waals surface area contributed by atoms with Crippen molar-refractivity contribution in [2.75, 3.05) is 6.61 Å². The lowest BCUT2D eigenvalue weighted by Gasteiger charge is -2.05. The fourth-order valence-electron chi connectivity index (χ4n) is 0. The Kier molecular flexibility index (Phi) is 4.62. The standard InChI is InChI=1S/C2H5ClO3.H3N/c3-2(5,6)1-4;/h4-6H,1H2;1H3. The van der Waals surface area contributed by atoms with E-state index in [0.717, 1.165) is 0 Å². The summed E-state index contributed by atoms with van der Waals surface area (Å²) in [6.07, 6.45) is 0. The molecule has 7 heavy (non-hydrogen) atoms. The Hall–Kier alpha value is 0.130. The van der Waals surface area contributed by atoms with Crippen LogP contribution in [0.4, 0.5) is 0 Å². The van der Waals surface area contributed by atoms with Gasteiger partial charge in [0.1, 0.15) is 6.61 Å². The first-order chi connectivity index (χ1) is 2.56. The molecule has 0 spiro atoms. The average molecular weight is 130 g/mol. The van der Waals surface area contributed by atoms with E-state index >= 15 is 0 Å². The smallest absolute Gasteiger partial charge is 0.267 e. The van der Waals surface area contributed by atoms with Crippen molar-refractivity contribution < 1.29 is 15.3 Å². The quantitative estimate of drug-likeness (QED) is 0.270. The zero-order valence-corrected chi connectivity index (χ0v) is 4.39. The fraction of sp³-hybridized carbons (Fsp3) is 1.00. The van der Waals surface area contributed by atoms with Gasteiger partial charge in [-0.15, -0.1) is 0 Å². The van der Waals surface area contributed by atoms with E-state index < -0.39 is 11.9 Å². The van der Waals surface area contributed by atoms with E-state index in [1.165, 1.54) is 0 Å². The Morgan fingerprint density at radius 1 is 1.43 bits per heavy atom. The summed E-state index contributed by atoms with van der Waals surface area (Å²) in [5.74, 6) is 0. The molecule has 0 aromatic heterocycles. The molecule has 0 aliphatic rings. The minimum Gasteiger partial charge on any atom is -0.389 e. The highest BCUT2D eigenvalue weighted by atomic mass is 35.5. The summed E-state index contributed by atoms with van der Waals surface area (Å²) in [4.78, 5) is 0. The van der Waals surface area contributed by atoms with Crippen molar-refractivity contribution >= 4 is 11.6 Å². The van der Waals surface area contributed by atoms with Gasteiger partial charge in [-0.05, 0) is 0 Å². The molecule has 0 aromatic rings. The fourth-order valence-corrected chi connectivity index (χ4v) is 0. The summed E-state index contributed by atoms with van der Waals surface area (Å²) < 4.78 is 0. The van der Waals surface area contributed by atoms with Crippen molar-refractivity contribution in [3.63, 3.8) is 0 Å². The lowest BCUT2D eigenvalue weighted by Crippen LogP contribution is -2.23. The highest BCUT2D eigenvalue weighted by Crippen LogP contribution is 2.00. The number of halogens is 1. The maximum absolute atomic E-state index is 7.90. The summed E-state index contributed by atoms with van der Waals surface area (Å²) in [7, 11) is 0. The molecule has 0 aliphatic carbocycles. The Labute approximate surface area is 45.9 Å². The van der Waals surface area contributed by atoms with Crippen LogP contribution in [0.15, 0.2) is 0 Å². The normalized spacial score (nSPS) is 10.3. The van der Waals surface area contributed by atoms with Crippen LogP contribution < -0.4 is 6.15 Å². The third kappa shape index (κ3) is 10.7. The second-order valence-corrected chi connectivity index (χ2v) is 1.48. The van der Waals surface area contributed by atoms with Crippen LogP contribution in [0.2, 0.25) is 0 Å². The van der Waals surface area contributed by atoms with Crippen molar-refractivity contribution in [2.24, 2.45) is 0 Å². The van der Waals surface area contributed by atoms with E-state index in [9.17, 15) is 0 Å². The first kappa shape index (κ1) is 10.2. The zero-order valence-electron chi connectivity index (χ0n) is 3.63. The Morgan fingerprint density at radius 3 is 1.57 bits per heavy atom. The summed E-state index contributed by atoms with van der Waals surface area (Å²) in [5, 5.41) is 21.1. The van der Waals surface area contributed by atoms with Crippen LogP contribution in [0.25, 0.3) is 0 Å². The number of hydrogen-bond donors (Lipinski definition) is 4. The zero-order chi connectivity index (χ0) is 5.21. The molecular weight excluding hydrogens is 121 g/mol. The molecule has 0 radical (unpaired) electrons. The molecule has 0 aromatic carbocycles. The van der Waals surface area contributed by atoms with Crippen LogP contribution in [0.5, 0.6) is 0 Å². The molecule has 5 heteroatoms. The molecule has 0 heterocycles. The predicted octanol–water partition coefficient (Wildman–Crippen LogP) is -0.982. The Bertz CT molecular complexity index is 42.7. The van der Waals surface area contributed by atoms with Crippen LogP contribution in [-0.4, -0.2) is 27.2 Å². The van der Waals surface area contributed by atoms with Crippen LogP contribution in [-0.2, 0) is 0 Å². The number of aliphatic hydroxyl groups is 3. The third-order valence-electron chi connectivity index (χ3n) is 0.201. The van der Waals surface area contributed by atoms with Crippen molar-refractivity contribution in [2.45, 2.75) is 5.25 Å². The van der Waals surface area contributed by atoms with Crippen molar-refractivity contribution in [3.8, 4) is 0 Å². The minimum absolute atomic E-state index is 0. The topological polar surface area (TPSA) is 95.7 Å². The molecule has 6 N–H and O–H groups in total. The molecule has 0 aliphatic heterocycles. The second kappa shape index (κ2) is 3.17. The molecule has 0 saturated carbocycles. The van der Waals surface area contributed by atoms with Gasteiger partial charge in [-0.25, -0.2) is 0 Å². The molecule has 0 amide bonds. The van der Waals surface area contributed by atoms with Crippen LogP contribution >= 0.6 is 11.6 Å². The minimum atomic E-state index is -2.43. The van der Waals surface area contributed by atoms with Crippen molar-refractivity contribution in [3.05, 3.63) is 0 Å². The van der Waals surface area contributed by atoms with Crippen LogP contribution in [0, 0.1) is 0 Å². The highest BCUT2D eigenvalue weighted by molar-refractivity contribution is 6.21. The number of alkyl halides is 1. The molecule has 4 nitrogen and oxygen atoms in total. The van der Waals surface area contributed by atoms with Gasteiger partial charge in [0.15, 0.2) is 0 Å². The van der Waals surface area contributed by atoms with Gasteiger partial charge in [0.05, 0.1) is 0 Å². The molecule has 0 fully saturated rings. The second-order valence-electron chi connectivity index (χ2n) is 0.877. The maximum atomic E-state index is 7.90. The van der Waals surface area contributed by atoms with Gasteiger partial charge in [0, 0.05) is 0 Å². The summed E-state index contributed by atoms with van der Waals surface area (Å²) >= 11 is 4.58.